The predicted molar refractivity (Wildman–Crippen MR) is 206 cm³/mol. The van der Waals surface area contributed by atoms with Crippen molar-refractivity contribution in [3.63, 3.8) is 0 Å². The second-order valence-corrected chi connectivity index (χ2v) is 14.6. The number of carboxylic acids is 1. The number of carboxylic acid groups (broad SMARTS) is 1. The van der Waals surface area contributed by atoms with Gasteiger partial charge in [-0.3, -0.25) is 24.0 Å². The van der Waals surface area contributed by atoms with Crippen LogP contribution in [0.3, 0.4) is 0 Å². The van der Waals surface area contributed by atoms with Gasteiger partial charge in [-0.2, -0.15) is 0 Å². The number of amides is 4. The van der Waals surface area contributed by atoms with Crippen molar-refractivity contribution in [3.05, 3.63) is 47.7 Å². The Morgan fingerprint density at radius 1 is 0.788 bits per heavy atom. The topological polar surface area (TPSA) is 204 Å². The maximum Gasteiger partial charge on any atom is 0.303 e. The lowest BCUT2D eigenvalue weighted by molar-refractivity contribution is -0.137. The molecule has 0 saturated carbocycles. The van der Waals surface area contributed by atoms with Crippen LogP contribution in [0.5, 0.6) is 0 Å². The molecule has 0 fully saturated rings. The SMILES string of the molecule is C=C(CCCC(=O)O)NC(C(=O)N[C@@H](CCC)C(=O)NC(CN[C@@H](C)C(=O)N[C@H](C(=O)NCc1ccc(CN)cc1)C(C)C)CC(C)C)[C@@H](C)CC. The smallest absolute Gasteiger partial charge is 0.303 e. The third-order valence-electron chi connectivity index (χ3n) is 9.07. The van der Waals surface area contributed by atoms with Crippen LogP contribution < -0.4 is 37.6 Å². The number of carbonyl (C=O) groups is 5. The molecule has 13 heteroatoms. The molecule has 4 amide bonds. The van der Waals surface area contributed by atoms with E-state index in [2.05, 4.69) is 38.5 Å². The van der Waals surface area contributed by atoms with Gasteiger partial charge < -0.3 is 42.7 Å². The molecule has 0 aromatic heterocycles. The molecule has 294 valence electrons. The van der Waals surface area contributed by atoms with Crippen molar-refractivity contribution >= 4 is 29.6 Å². The van der Waals surface area contributed by atoms with Gasteiger partial charge in [-0.25, -0.2) is 0 Å². The highest BCUT2D eigenvalue weighted by atomic mass is 16.4. The van der Waals surface area contributed by atoms with E-state index in [1.807, 2.05) is 72.7 Å². The summed E-state index contributed by atoms with van der Waals surface area (Å²) in [6.07, 6.45) is 3.27. The zero-order valence-electron chi connectivity index (χ0n) is 32.8. The Bertz CT molecular complexity index is 1290. The Balaban J connectivity index is 2.89. The number of nitrogens with one attached hydrogen (secondary N) is 6. The highest BCUT2D eigenvalue weighted by Gasteiger charge is 2.30. The van der Waals surface area contributed by atoms with Gasteiger partial charge in [-0.05, 0) is 61.5 Å². The first kappa shape index (κ1) is 46.1. The molecular weight excluding hydrogens is 662 g/mol. The van der Waals surface area contributed by atoms with Gasteiger partial charge in [0.05, 0.1) is 6.04 Å². The number of allylic oxidation sites excluding steroid dienone is 1. The molecule has 0 saturated heterocycles. The zero-order chi connectivity index (χ0) is 39.4. The molecular formula is C39H67N7O6. The fraction of sp³-hybridized carbons (Fsp3) is 0.667. The quantitative estimate of drug-likeness (QED) is 0.0703. The molecule has 52 heavy (non-hydrogen) atoms. The summed E-state index contributed by atoms with van der Waals surface area (Å²) in [7, 11) is 0. The standard InChI is InChI=1S/C39H67N7O6/c1-10-13-32(45-39(52)35(26(7)11-2)43-27(8)14-12-15-33(47)48)37(50)44-31(20-24(3)4)23-41-28(9)36(49)46-34(25(5)6)38(51)42-22-30-18-16-29(21-40)17-19-30/h16-19,24-26,28,31-32,34-35,41,43H,8,10-15,20-23,40H2,1-7,9H3,(H,42,51)(H,44,50)(H,45,52)(H,46,49)(H,47,48)/t26-,28-,31?,32-,34-,35?/m0/s1. The van der Waals surface area contributed by atoms with E-state index in [0.29, 0.717) is 63.9 Å². The van der Waals surface area contributed by atoms with Gasteiger partial charge in [0.1, 0.15) is 18.1 Å². The van der Waals surface area contributed by atoms with E-state index in [1.165, 1.54) is 0 Å². The van der Waals surface area contributed by atoms with Gasteiger partial charge in [0.2, 0.25) is 23.6 Å². The first-order chi connectivity index (χ1) is 24.5. The summed E-state index contributed by atoms with van der Waals surface area (Å²) in [5, 5.41) is 27.2. The van der Waals surface area contributed by atoms with Crippen LogP contribution in [0, 0.1) is 17.8 Å². The van der Waals surface area contributed by atoms with Gasteiger partial charge in [0.25, 0.3) is 0 Å². The number of rotatable bonds is 26. The zero-order valence-corrected chi connectivity index (χ0v) is 32.8. The van der Waals surface area contributed by atoms with Gasteiger partial charge in [0.15, 0.2) is 0 Å². The van der Waals surface area contributed by atoms with Crippen LogP contribution in [0.15, 0.2) is 36.5 Å². The minimum absolute atomic E-state index is 0.0113. The maximum atomic E-state index is 13.6. The van der Waals surface area contributed by atoms with Crippen molar-refractivity contribution in [3.8, 4) is 0 Å². The summed E-state index contributed by atoms with van der Waals surface area (Å²) in [6, 6.07) is 4.54. The number of benzene rings is 1. The monoisotopic (exact) mass is 730 g/mol. The minimum Gasteiger partial charge on any atom is -0.481 e. The van der Waals surface area contributed by atoms with Crippen molar-refractivity contribution < 1.29 is 29.1 Å². The lowest BCUT2D eigenvalue weighted by Gasteiger charge is -2.29. The third kappa shape index (κ3) is 17.5. The summed E-state index contributed by atoms with van der Waals surface area (Å²) in [6.45, 7) is 20.5. The van der Waals surface area contributed by atoms with E-state index in [9.17, 15) is 24.0 Å². The van der Waals surface area contributed by atoms with E-state index in [4.69, 9.17) is 10.8 Å². The molecule has 13 nitrogen and oxygen atoms in total. The molecule has 0 aliphatic carbocycles. The van der Waals surface area contributed by atoms with Gasteiger partial charge in [0, 0.05) is 37.8 Å². The van der Waals surface area contributed by atoms with Crippen LogP contribution in [-0.2, 0) is 37.1 Å². The summed E-state index contributed by atoms with van der Waals surface area (Å²) in [5.41, 5.74) is 8.18. The Hall–Kier alpha value is -3.97. The molecule has 1 aromatic rings. The van der Waals surface area contributed by atoms with E-state index in [0.717, 1.165) is 11.1 Å². The predicted octanol–water partition coefficient (Wildman–Crippen LogP) is 3.47. The Labute approximate surface area is 311 Å². The molecule has 1 aromatic carbocycles. The third-order valence-corrected chi connectivity index (χ3v) is 9.07. The first-order valence-electron chi connectivity index (χ1n) is 18.9. The number of nitrogens with two attached hydrogens (primary N) is 1. The number of hydrogen-bond acceptors (Lipinski definition) is 8. The number of aliphatic carboxylic acids is 1. The number of hydrogen-bond donors (Lipinski definition) is 8. The molecule has 1 rings (SSSR count). The summed E-state index contributed by atoms with van der Waals surface area (Å²) >= 11 is 0. The van der Waals surface area contributed by atoms with Crippen molar-refractivity contribution in [2.24, 2.45) is 23.5 Å². The Morgan fingerprint density at radius 3 is 1.96 bits per heavy atom. The Morgan fingerprint density at radius 2 is 1.42 bits per heavy atom. The van der Waals surface area contributed by atoms with Crippen molar-refractivity contribution in [2.75, 3.05) is 6.54 Å². The molecule has 0 bridgehead atoms. The van der Waals surface area contributed by atoms with Crippen LogP contribution in [0.25, 0.3) is 0 Å². The Kier molecular flexibility index (Phi) is 21.5. The first-order valence-corrected chi connectivity index (χ1v) is 18.9. The van der Waals surface area contributed by atoms with E-state index in [-0.39, 0.29) is 53.8 Å². The number of carbonyl (C=O) groups excluding carboxylic acids is 4. The largest absolute Gasteiger partial charge is 0.481 e. The van der Waals surface area contributed by atoms with Gasteiger partial charge >= 0.3 is 5.97 Å². The van der Waals surface area contributed by atoms with E-state index < -0.39 is 30.1 Å². The lowest BCUT2D eigenvalue weighted by Crippen LogP contribution is -2.57. The average Bonchev–Trinajstić information content (AvgIpc) is 3.09. The van der Waals surface area contributed by atoms with Crippen LogP contribution in [0.1, 0.15) is 111 Å². The highest BCUT2D eigenvalue weighted by molar-refractivity contribution is 5.91. The molecule has 2 unspecified atom stereocenters. The second-order valence-electron chi connectivity index (χ2n) is 14.6. The van der Waals surface area contributed by atoms with Crippen LogP contribution in [0.2, 0.25) is 0 Å². The highest BCUT2D eigenvalue weighted by Crippen LogP contribution is 2.14. The fourth-order valence-electron chi connectivity index (χ4n) is 5.65. The van der Waals surface area contributed by atoms with Crippen molar-refractivity contribution in [1.82, 2.24) is 31.9 Å². The molecule has 0 aliphatic heterocycles. The van der Waals surface area contributed by atoms with Crippen molar-refractivity contribution in [1.29, 1.82) is 0 Å². The maximum absolute atomic E-state index is 13.6. The molecule has 6 atom stereocenters. The second kappa shape index (κ2) is 24.3. The molecule has 0 spiro atoms. The van der Waals surface area contributed by atoms with Gasteiger partial charge in [-0.15, -0.1) is 0 Å². The molecule has 9 N–H and O–H groups in total. The van der Waals surface area contributed by atoms with Crippen LogP contribution in [-0.4, -0.2) is 71.5 Å². The molecule has 0 aliphatic rings. The van der Waals surface area contributed by atoms with Crippen LogP contribution in [0.4, 0.5) is 0 Å². The molecule has 0 heterocycles. The minimum atomic E-state index is -0.886. The van der Waals surface area contributed by atoms with Crippen molar-refractivity contribution in [2.45, 2.75) is 144 Å². The van der Waals surface area contributed by atoms with Crippen LogP contribution >= 0.6 is 0 Å². The summed E-state index contributed by atoms with van der Waals surface area (Å²) in [4.78, 5) is 64.4. The average molecular weight is 730 g/mol. The lowest BCUT2D eigenvalue weighted by atomic mass is 9.96. The summed E-state index contributed by atoms with van der Waals surface area (Å²) in [5.74, 6) is -2.11. The van der Waals surface area contributed by atoms with Gasteiger partial charge in [-0.1, -0.05) is 92.2 Å². The summed E-state index contributed by atoms with van der Waals surface area (Å²) < 4.78 is 0. The molecule has 0 radical (unpaired) electrons. The van der Waals surface area contributed by atoms with E-state index in [1.54, 1.807) is 6.92 Å². The van der Waals surface area contributed by atoms with E-state index >= 15 is 0 Å². The normalized spacial score (nSPS) is 14.8. The fourth-order valence-corrected chi connectivity index (χ4v) is 5.65.